The molecule has 0 aromatic carbocycles. The molecule has 82 valence electrons. The van der Waals surface area contributed by atoms with Crippen LogP contribution in [-0.2, 0) is 4.74 Å². The molecule has 0 fully saturated rings. The first kappa shape index (κ1) is 14.9. The number of unbranched alkanes of at least 4 members (excludes halogenated alkanes) is 3. The van der Waals surface area contributed by atoms with Crippen molar-refractivity contribution in [2.75, 3.05) is 0 Å². The minimum atomic E-state index is -1.81. The van der Waals surface area contributed by atoms with Gasteiger partial charge in [0, 0.05) is 0 Å². The smallest absolute Gasteiger partial charge is 0.449 e. The van der Waals surface area contributed by atoms with Gasteiger partial charge in [0.25, 0.3) is 0 Å². The average Bonchev–Trinajstić information content (AvgIpc) is 2.04. The molecule has 0 bridgehead atoms. The standard InChI is InChI=1S/C6H13N.C2H2O5/c1-2-3-4-5-6-7;3-1(4)7-2(5)6/h6-7H,2-5H2,1H3;(H,3,4)(H,5,6). The largest absolute Gasteiger partial charge is 0.516 e. The average molecular weight is 205 g/mol. The monoisotopic (exact) mass is 205 g/mol. The van der Waals surface area contributed by atoms with E-state index in [-0.39, 0.29) is 0 Å². The molecule has 6 nitrogen and oxygen atoms in total. The fourth-order valence-corrected chi connectivity index (χ4v) is 0.571. The summed E-state index contributed by atoms with van der Waals surface area (Å²) in [6.45, 7) is 2.17. The summed E-state index contributed by atoms with van der Waals surface area (Å²) in [7, 11) is 0. The van der Waals surface area contributed by atoms with Crippen LogP contribution < -0.4 is 0 Å². The van der Waals surface area contributed by atoms with Crippen LogP contribution >= 0.6 is 0 Å². The second-order valence-corrected chi connectivity index (χ2v) is 2.33. The predicted molar refractivity (Wildman–Crippen MR) is 50.1 cm³/mol. The first-order chi connectivity index (χ1) is 6.54. The molecule has 0 aliphatic rings. The van der Waals surface area contributed by atoms with Gasteiger partial charge in [-0.2, -0.15) is 0 Å². The van der Waals surface area contributed by atoms with Crippen LogP contribution in [0.15, 0.2) is 0 Å². The van der Waals surface area contributed by atoms with Gasteiger partial charge in [-0.15, -0.1) is 0 Å². The molecule has 14 heavy (non-hydrogen) atoms. The first-order valence-corrected chi connectivity index (χ1v) is 4.17. The van der Waals surface area contributed by atoms with Crippen molar-refractivity contribution in [3.8, 4) is 0 Å². The molecule has 6 heteroatoms. The summed E-state index contributed by atoms with van der Waals surface area (Å²) >= 11 is 0. The van der Waals surface area contributed by atoms with E-state index >= 15 is 0 Å². The van der Waals surface area contributed by atoms with Crippen molar-refractivity contribution in [1.82, 2.24) is 0 Å². The minimum absolute atomic E-state index is 0.966. The van der Waals surface area contributed by atoms with Crippen molar-refractivity contribution in [2.45, 2.75) is 32.6 Å². The van der Waals surface area contributed by atoms with Gasteiger partial charge in [0.1, 0.15) is 0 Å². The lowest BCUT2D eigenvalue weighted by molar-refractivity contribution is 0.0802. The van der Waals surface area contributed by atoms with Gasteiger partial charge in [-0.25, -0.2) is 9.59 Å². The third kappa shape index (κ3) is 22.4. The Morgan fingerprint density at radius 1 is 1.29 bits per heavy atom. The zero-order valence-corrected chi connectivity index (χ0v) is 8.02. The van der Waals surface area contributed by atoms with Gasteiger partial charge in [-0.3, -0.25) is 0 Å². The second kappa shape index (κ2) is 11.4. The highest BCUT2D eigenvalue weighted by molar-refractivity contribution is 5.74. The summed E-state index contributed by atoms with van der Waals surface area (Å²) in [6.07, 6.45) is 2.55. The summed E-state index contributed by atoms with van der Waals surface area (Å²) in [5.41, 5.74) is 0. The van der Waals surface area contributed by atoms with E-state index < -0.39 is 12.3 Å². The molecule has 0 atom stereocenters. The molecule has 0 aromatic rings. The maximum Gasteiger partial charge on any atom is 0.516 e. The number of carboxylic acid groups (broad SMARTS) is 2. The molecule has 0 aliphatic heterocycles. The minimum Gasteiger partial charge on any atom is -0.449 e. The Kier molecular flexibility index (Phi) is 12.2. The van der Waals surface area contributed by atoms with Crippen LogP contribution in [0, 0.1) is 5.41 Å². The lowest BCUT2D eigenvalue weighted by atomic mass is 10.2. The molecule has 3 N–H and O–H groups in total. The van der Waals surface area contributed by atoms with E-state index in [9.17, 15) is 9.59 Å². The van der Waals surface area contributed by atoms with Crippen molar-refractivity contribution in [1.29, 1.82) is 5.41 Å². The van der Waals surface area contributed by atoms with Gasteiger partial charge < -0.3 is 20.4 Å². The molecular formula is C8H15NO5. The zero-order chi connectivity index (χ0) is 11.4. The molecule has 0 rings (SSSR count). The SMILES string of the molecule is CCCCCC=N.O=C(O)OC(=O)O. The Labute approximate surface area is 82.0 Å². The summed E-state index contributed by atoms with van der Waals surface area (Å²) in [6, 6.07) is 0. The van der Waals surface area contributed by atoms with Crippen molar-refractivity contribution in [2.24, 2.45) is 0 Å². The molecular weight excluding hydrogens is 190 g/mol. The Bertz CT molecular complexity index is 169. The lowest BCUT2D eigenvalue weighted by Gasteiger charge is -1.87. The van der Waals surface area contributed by atoms with Gasteiger partial charge in [0.2, 0.25) is 0 Å². The molecule has 0 heterocycles. The highest BCUT2D eigenvalue weighted by Crippen LogP contribution is 1.94. The maximum absolute atomic E-state index is 9.21. The number of rotatable bonds is 4. The Balaban J connectivity index is 0. The fourth-order valence-electron chi connectivity index (χ4n) is 0.571. The van der Waals surface area contributed by atoms with Crippen LogP contribution in [0.2, 0.25) is 0 Å². The van der Waals surface area contributed by atoms with E-state index in [1.54, 1.807) is 0 Å². The van der Waals surface area contributed by atoms with E-state index in [0.29, 0.717) is 0 Å². The molecule has 0 radical (unpaired) electrons. The van der Waals surface area contributed by atoms with Crippen molar-refractivity contribution in [3.05, 3.63) is 0 Å². The van der Waals surface area contributed by atoms with E-state index in [1.165, 1.54) is 25.5 Å². The molecule has 0 unspecified atom stereocenters. The molecule has 0 saturated heterocycles. The highest BCUT2D eigenvalue weighted by Gasteiger charge is 2.01. The molecule has 0 aromatic heterocycles. The summed E-state index contributed by atoms with van der Waals surface area (Å²) in [5, 5.41) is 21.6. The van der Waals surface area contributed by atoms with Gasteiger partial charge >= 0.3 is 12.3 Å². The van der Waals surface area contributed by atoms with Crippen LogP contribution in [0.4, 0.5) is 9.59 Å². The summed E-state index contributed by atoms with van der Waals surface area (Å²) < 4.78 is 3.08. The second-order valence-electron chi connectivity index (χ2n) is 2.33. The summed E-state index contributed by atoms with van der Waals surface area (Å²) in [4.78, 5) is 18.4. The van der Waals surface area contributed by atoms with Crippen molar-refractivity contribution in [3.63, 3.8) is 0 Å². The lowest BCUT2D eigenvalue weighted by Crippen LogP contribution is -2.05. The van der Waals surface area contributed by atoms with Crippen LogP contribution in [0.3, 0.4) is 0 Å². The molecule has 0 amide bonds. The normalized spacial score (nSPS) is 8.07. The number of hydrogen-bond donors (Lipinski definition) is 3. The number of nitrogens with one attached hydrogen (secondary N) is 1. The van der Waals surface area contributed by atoms with Gasteiger partial charge in [-0.05, 0) is 19.1 Å². The Hall–Kier alpha value is -1.59. The highest BCUT2D eigenvalue weighted by atomic mass is 16.7. The number of ether oxygens (including phenoxy) is 1. The van der Waals surface area contributed by atoms with Crippen LogP contribution in [0.25, 0.3) is 0 Å². The fraction of sp³-hybridized carbons (Fsp3) is 0.625. The molecule has 0 spiro atoms. The quantitative estimate of drug-likeness (QED) is 0.283. The summed E-state index contributed by atoms with van der Waals surface area (Å²) in [5.74, 6) is 0. The van der Waals surface area contributed by atoms with Crippen LogP contribution in [-0.4, -0.2) is 28.7 Å². The van der Waals surface area contributed by atoms with Gasteiger partial charge in [0.15, 0.2) is 0 Å². The number of hydrogen-bond acceptors (Lipinski definition) is 4. The Morgan fingerprint density at radius 2 is 1.79 bits per heavy atom. The Morgan fingerprint density at radius 3 is 2.00 bits per heavy atom. The van der Waals surface area contributed by atoms with Crippen molar-refractivity contribution < 1.29 is 24.5 Å². The zero-order valence-electron chi connectivity index (χ0n) is 8.02. The van der Waals surface area contributed by atoms with Gasteiger partial charge in [-0.1, -0.05) is 19.8 Å². The molecule has 0 aliphatic carbocycles. The first-order valence-electron chi connectivity index (χ1n) is 4.17. The number of carbonyl (C=O) groups is 2. The van der Waals surface area contributed by atoms with E-state index in [4.69, 9.17) is 15.6 Å². The van der Waals surface area contributed by atoms with Gasteiger partial charge in [0.05, 0.1) is 0 Å². The van der Waals surface area contributed by atoms with Crippen LogP contribution in [0.5, 0.6) is 0 Å². The van der Waals surface area contributed by atoms with E-state index in [0.717, 1.165) is 6.42 Å². The van der Waals surface area contributed by atoms with E-state index in [1.807, 2.05) is 0 Å². The maximum atomic E-state index is 9.21. The van der Waals surface area contributed by atoms with Crippen LogP contribution in [0.1, 0.15) is 32.6 Å². The van der Waals surface area contributed by atoms with E-state index in [2.05, 4.69) is 11.7 Å². The van der Waals surface area contributed by atoms with Crippen molar-refractivity contribution >= 4 is 18.5 Å². The predicted octanol–water partition coefficient (Wildman–Crippen LogP) is 2.58. The topological polar surface area (TPSA) is 108 Å². The molecule has 0 saturated carbocycles. The third-order valence-electron chi connectivity index (χ3n) is 1.13. The third-order valence-corrected chi connectivity index (χ3v) is 1.13.